The SMILES string of the molecule is COC(=O)c1ccc(NC(=O)[C@H](CC2CCOCC2)n2cc(Oc3c(F)cccc3F)cc2O)nc1. The molecule has 0 unspecified atom stereocenters. The van der Waals surface area contributed by atoms with Crippen LogP contribution in [0.4, 0.5) is 14.6 Å². The number of nitrogens with one attached hydrogen (secondary N) is 1. The van der Waals surface area contributed by atoms with Crippen molar-refractivity contribution >= 4 is 17.7 Å². The van der Waals surface area contributed by atoms with Gasteiger partial charge >= 0.3 is 5.97 Å². The molecule has 1 amide bonds. The average molecular weight is 501 g/mol. The zero-order chi connectivity index (χ0) is 25.7. The van der Waals surface area contributed by atoms with Crippen molar-refractivity contribution < 1.29 is 37.7 Å². The molecule has 0 radical (unpaired) electrons. The number of aromatic nitrogens is 2. The van der Waals surface area contributed by atoms with Crippen LogP contribution in [0, 0.1) is 17.6 Å². The first-order chi connectivity index (χ1) is 17.4. The first kappa shape index (κ1) is 25.1. The summed E-state index contributed by atoms with van der Waals surface area (Å²) in [6, 6.07) is 6.52. The molecule has 4 rings (SSSR count). The number of hydrogen-bond acceptors (Lipinski definition) is 7. The van der Waals surface area contributed by atoms with E-state index in [-0.39, 0.29) is 28.9 Å². The molecule has 3 aromatic rings. The van der Waals surface area contributed by atoms with E-state index in [9.17, 15) is 23.5 Å². The van der Waals surface area contributed by atoms with E-state index in [0.717, 1.165) is 25.0 Å². The number of methoxy groups -OCH3 is 1. The predicted octanol–water partition coefficient (Wildman–Crippen LogP) is 4.44. The van der Waals surface area contributed by atoms with Crippen molar-refractivity contribution in [2.24, 2.45) is 5.92 Å². The number of nitrogens with zero attached hydrogens (tertiary/aromatic N) is 2. The van der Waals surface area contributed by atoms with Crippen molar-refractivity contribution in [3.63, 3.8) is 0 Å². The number of benzene rings is 1. The van der Waals surface area contributed by atoms with Crippen LogP contribution < -0.4 is 10.1 Å². The number of esters is 1. The topological polar surface area (TPSA) is 112 Å². The van der Waals surface area contributed by atoms with Gasteiger partial charge < -0.3 is 29.2 Å². The number of aromatic hydroxyl groups is 1. The minimum atomic E-state index is -0.903. The maximum atomic E-state index is 14.0. The summed E-state index contributed by atoms with van der Waals surface area (Å²) in [5.74, 6) is -3.48. The standard InChI is InChI=1S/C25H25F2N3O6/c1-34-25(33)16-5-6-21(28-13-16)29-24(32)20(11-15-7-9-35-10-8-15)30-14-17(12-22(30)31)36-23-18(26)3-2-4-19(23)27/h2-6,12-15,20,31H,7-11H2,1H3,(H,28,29,32)/t20-/m0/s1. The zero-order valence-electron chi connectivity index (χ0n) is 19.4. The van der Waals surface area contributed by atoms with Gasteiger partial charge in [-0.15, -0.1) is 0 Å². The Labute approximate surface area is 205 Å². The van der Waals surface area contributed by atoms with Gasteiger partial charge in [-0.3, -0.25) is 4.79 Å². The largest absolute Gasteiger partial charge is 0.494 e. The van der Waals surface area contributed by atoms with Crippen LogP contribution in [0.5, 0.6) is 17.4 Å². The molecule has 2 aromatic heterocycles. The highest BCUT2D eigenvalue weighted by Gasteiger charge is 2.29. The number of ether oxygens (including phenoxy) is 3. The first-order valence-electron chi connectivity index (χ1n) is 11.3. The Hall–Kier alpha value is -3.99. The Morgan fingerprint density at radius 3 is 2.58 bits per heavy atom. The second-order valence-corrected chi connectivity index (χ2v) is 8.31. The normalized spacial score (nSPS) is 14.8. The van der Waals surface area contributed by atoms with Crippen LogP contribution in [0.2, 0.25) is 0 Å². The van der Waals surface area contributed by atoms with Crippen molar-refractivity contribution in [3.05, 3.63) is 66.0 Å². The van der Waals surface area contributed by atoms with Crippen LogP contribution in [0.3, 0.4) is 0 Å². The van der Waals surface area contributed by atoms with Gasteiger partial charge in [0.05, 0.1) is 18.9 Å². The third-order valence-electron chi connectivity index (χ3n) is 5.91. The van der Waals surface area contributed by atoms with Crippen molar-refractivity contribution in [1.29, 1.82) is 0 Å². The highest BCUT2D eigenvalue weighted by molar-refractivity contribution is 5.94. The number of anilines is 1. The summed E-state index contributed by atoms with van der Waals surface area (Å²) in [5, 5.41) is 13.3. The quantitative estimate of drug-likeness (QED) is 0.439. The number of carbonyl (C=O) groups is 2. The molecule has 190 valence electrons. The van der Waals surface area contributed by atoms with E-state index >= 15 is 0 Å². The molecule has 0 spiro atoms. The van der Waals surface area contributed by atoms with E-state index in [0.29, 0.717) is 19.6 Å². The van der Waals surface area contributed by atoms with Crippen LogP contribution in [0.25, 0.3) is 0 Å². The fourth-order valence-corrected chi connectivity index (χ4v) is 4.01. The van der Waals surface area contributed by atoms with Crippen LogP contribution in [-0.4, -0.2) is 46.9 Å². The monoisotopic (exact) mass is 501 g/mol. The Morgan fingerprint density at radius 2 is 1.94 bits per heavy atom. The Kier molecular flexibility index (Phi) is 7.79. The van der Waals surface area contributed by atoms with Crippen molar-refractivity contribution in [1.82, 2.24) is 9.55 Å². The summed E-state index contributed by atoms with van der Waals surface area (Å²) >= 11 is 0. The summed E-state index contributed by atoms with van der Waals surface area (Å²) < 4.78 is 44.8. The number of para-hydroxylation sites is 1. The fraction of sp³-hybridized carbons (Fsp3) is 0.320. The lowest BCUT2D eigenvalue weighted by Gasteiger charge is -2.27. The molecular weight excluding hydrogens is 476 g/mol. The molecule has 0 aliphatic carbocycles. The minimum Gasteiger partial charge on any atom is -0.494 e. The van der Waals surface area contributed by atoms with Gasteiger partial charge in [0.25, 0.3) is 0 Å². The molecule has 9 nitrogen and oxygen atoms in total. The number of amides is 1. The molecule has 11 heteroatoms. The van der Waals surface area contributed by atoms with Gasteiger partial charge in [0, 0.05) is 25.5 Å². The third kappa shape index (κ3) is 5.80. The predicted molar refractivity (Wildman–Crippen MR) is 124 cm³/mol. The number of hydrogen-bond donors (Lipinski definition) is 2. The van der Waals surface area contributed by atoms with Crippen molar-refractivity contribution in [2.45, 2.75) is 25.3 Å². The number of halogens is 2. The zero-order valence-corrected chi connectivity index (χ0v) is 19.4. The van der Waals surface area contributed by atoms with E-state index in [1.807, 2.05) is 0 Å². The molecular formula is C25H25F2N3O6. The van der Waals surface area contributed by atoms with E-state index < -0.39 is 35.3 Å². The molecule has 1 aliphatic rings. The molecule has 3 heterocycles. The second kappa shape index (κ2) is 11.2. The molecule has 1 fully saturated rings. The number of rotatable bonds is 8. The first-order valence-corrected chi connectivity index (χ1v) is 11.3. The summed E-state index contributed by atoms with van der Waals surface area (Å²) in [4.78, 5) is 29.0. The number of carbonyl (C=O) groups excluding carboxylic acids is 2. The Bertz CT molecular complexity index is 1200. The molecule has 36 heavy (non-hydrogen) atoms. The van der Waals surface area contributed by atoms with Crippen LogP contribution in [-0.2, 0) is 14.3 Å². The molecule has 0 saturated carbocycles. The highest BCUT2D eigenvalue weighted by atomic mass is 19.1. The molecule has 2 N–H and O–H groups in total. The van der Waals surface area contributed by atoms with Crippen LogP contribution in [0.15, 0.2) is 48.8 Å². The lowest BCUT2D eigenvalue weighted by molar-refractivity contribution is -0.120. The van der Waals surface area contributed by atoms with Gasteiger partial charge in [0.15, 0.2) is 23.3 Å². The number of pyridine rings is 1. The fourth-order valence-electron chi connectivity index (χ4n) is 4.01. The smallest absolute Gasteiger partial charge is 0.339 e. The second-order valence-electron chi connectivity index (χ2n) is 8.31. The lowest BCUT2D eigenvalue weighted by Crippen LogP contribution is -2.29. The van der Waals surface area contributed by atoms with E-state index in [1.54, 1.807) is 0 Å². The Morgan fingerprint density at radius 1 is 1.22 bits per heavy atom. The Balaban J connectivity index is 1.58. The van der Waals surface area contributed by atoms with Crippen LogP contribution in [0.1, 0.15) is 35.7 Å². The van der Waals surface area contributed by atoms with Crippen LogP contribution >= 0.6 is 0 Å². The molecule has 1 aliphatic heterocycles. The van der Waals surface area contributed by atoms with Crippen molar-refractivity contribution in [2.75, 3.05) is 25.6 Å². The summed E-state index contributed by atoms with van der Waals surface area (Å²) in [6.07, 6.45) is 4.43. The summed E-state index contributed by atoms with van der Waals surface area (Å²) in [7, 11) is 1.25. The highest BCUT2D eigenvalue weighted by Crippen LogP contribution is 2.35. The third-order valence-corrected chi connectivity index (χ3v) is 5.91. The van der Waals surface area contributed by atoms with Crippen molar-refractivity contribution in [3.8, 4) is 17.4 Å². The van der Waals surface area contributed by atoms with Gasteiger partial charge in [0.1, 0.15) is 17.6 Å². The van der Waals surface area contributed by atoms with E-state index in [1.165, 1.54) is 48.3 Å². The van der Waals surface area contributed by atoms with Gasteiger partial charge in [0.2, 0.25) is 5.91 Å². The maximum Gasteiger partial charge on any atom is 0.339 e. The minimum absolute atomic E-state index is 0.0400. The molecule has 1 atom stereocenters. The van der Waals surface area contributed by atoms with Gasteiger partial charge in [-0.1, -0.05) is 6.07 Å². The average Bonchev–Trinajstić information content (AvgIpc) is 3.25. The summed E-state index contributed by atoms with van der Waals surface area (Å²) in [6.45, 7) is 1.13. The van der Waals surface area contributed by atoms with Gasteiger partial charge in [-0.25, -0.2) is 18.6 Å². The molecule has 1 aromatic carbocycles. The van der Waals surface area contributed by atoms with Gasteiger partial charge in [-0.05, 0) is 49.4 Å². The molecule has 0 bridgehead atoms. The molecule has 1 saturated heterocycles. The summed E-state index contributed by atoms with van der Waals surface area (Å²) in [5.41, 5.74) is 0.222. The lowest BCUT2D eigenvalue weighted by atomic mass is 9.92. The van der Waals surface area contributed by atoms with Gasteiger partial charge in [-0.2, -0.15) is 0 Å². The van der Waals surface area contributed by atoms with E-state index in [4.69, 9.17) is 9.47 Å². The maximum absolute atomic E-state index is 14.0. The van der Waals surface area contributed by atoms with E-state index in [2.05, 4.69) is 15.0 Å².